The minimum absolute atomic E-state index is 0.0939. The summed E-state index contributed by atoms with van der Waals surface area (Å²) in [7, 11) is 0. The Bertz CT molecular complexity index is 750. The summed E-state index contributed by atoms with van der Waals surface area (Å²) in [6.07, 6.45) is 2.16. The van der Waals surface area contributed by atoms with Crippen LogP contribution < -0.4 is 5.32 Å². The van der Waals surface area contributed by atoms with E-state index in [0.717, 1.165) is 25.9 Å². The smallest absolute Gasteiger partial charge is 0.272 e. The number of benzene rings is 1. The van der Waals surface area contributed by atoms with Crippen LogP contribution in [0, 0.1) is 18.7 Å². The highest BCUT2D eigenvalue weighted by Gasteiger charge is 2.23. The molecule has 1 aliphatic rings. The van der Waals surface area contributed by atoms with Crippen molar-refractivity contribution in [2.45, 2.75) is 26.7 Å². The Morgan fingerprint density at radius 1 is 1.33 bits per heavy atom. The normalized spacial score (nSPS) is 17.6. The minimum atomic E-state index is -0.389. The number of hydrogen-bond acceptors (Lipinski definition) is 4. The number of nitrogens with one attached hydrogen (secondary N) is 1. The van der Waals surface area contributed by atoms with Gasteiger partial charge in [-0.2, -0.15) is 0 Å². The second-order valence-electron chi connectivity index (χ2n) is 6.32. The molecule has 1 N–H and O–H groups in total. The van der Waals surface area contributed by atoms with E-state index in [1.54, 1.807) is 31.2 Å². The molecule has 1 aromatic carbocycles. The summed E-state index contributed by atoms with van der Waals surface area (Å²) < 4.78 is 13.8. The number of nitrogens with zero attached hydrogens (tertiary/aromatic N) is 3. The van der Waals surface area contributed by atoms with E-state index in [9.17, 15) is 9.18 Å². The molecule has 126 valence electrons. The molecular formula is C18H21FN4O. The number of piperidine rings is 1. The number of aryl methyl sites for hydroxylation is 1. The van der Waals surface area contributed by atoms with E-state index in [1.165, 1.54) is 6.07 Å². The van der Waals surface area contributed by atoms with Crippen LogP contribution in [0.1, 0.15) is 35.9 Å². The molecule has 6 heteroatoms. The van der Waals surface area contributed by atoms with Crippen molar-refractivity contribution in [3.63, 3.8) is 0 Å². The van der Waals surface area contributed by atoms with E-state index >= 15 is 0 Å². The molecular weight excluding hydrogens is 307 g/mol. The van der Waals surface area contributed by atoms with Gasteiger partial charge in [-0.1, -0.05) is 19.1 Å². The number of carbonyl (C=O) groups excluding carboxylic acids is 1. The Balaban J connectivity index is 1.83. The number of rotatable bonds is 3. The zero-order valence-corrected chi connectivity index (χ0v) is 13.9. The zero-order chi connectivity index (χ0) is 17.1. The summed E-state index contributed by atoms with van der Waals surface area (Å²) >= 11 is 0. The van der Waals surface area contributed by atoms with Gasteiger partial charge in [0.25, 0.3) is 5.91 Å². The largest absolute Gasteiger partial charge is 0.337 e. The van der Waals surface area contributed by atoms with Gasteiger partial charge in [-0.25, -0.2) is 14.4 Å². The lowest BCUT2D eigenvalue weighted by Crippen LogP contribution is -2.39. The van der Waals surface area contributed by atoms with Crippen molar-refractivity contribution < 1.29 is 9.18 Å². The first-order valence-corrected chi connectivity index (χ1v) is 8.19. The first-order chi connectivity index (χ1) is 11.5. The predicted molar refractivity (Wildman–Crippen MR) is 90.8 cm³/mol. The monoisotopic (exact) mass is 328 g/mol. The van der Waals surface area contributed by atoms with Gasteiger partial charge in [0.2, 0.25) is 5.95 Å². The van der Waals surface area contributed by atoms with Crippen molar-refractivity contribution in [3.05, 3.63) is 47.5 Å². The van der Waals surface area contributed by atoms with Crippen LogP contribution in [0.2, 0.25) is 0 Å². The van der Waals surface area contributed by atoms with Gasteiger partial charge in [0.05, 0.1) is 5.69 Å². The third kappa shape index (κ3) is 3.69. The number of amides is 1. The molecule has 5 nitrogen and oxygen atoms in total. The van der Waals surface area contributed by atoms with Gasteiger partial charge in [-0.05, 0) is 43.9 Å². The van der Waals surface area contributed by atoms with E-state index < -0.39 is 0 Å². The molecule has 1 fully saturated rings. The van der Waals surface area contributed by atoms with E-state index in [4.69, 9.17) is 0 Å². The van der Waals surface area contributed by atoms with Crippen LogP contribution in [0.25, 0.3) is 0 Å². The summed E-state index contributed by atoms with van der Waals surface area (Å²) in [6, 6.07) is 7.98. The van der Waals surface area contributed by atoms with Crippen molar-refractivity contribution in [1.29, 1.82) is 0 Å². The average Bonchev–Trinajstić information content (AvgIpc) is 2.56. The third-order valence-electron chi connectivity index (χ3n) is 4.14. The molecule has 3 rings (SSSR count). The van der Waals surface area contributed by atoms with Crippen LogP contribution in [0.15, 0.2) is 30.3 Å². The molecule has 0 saturated carbocycles. The molecule has 0 bridgehead atoms. The van der Waals surface area contributed by atoms with Crippen LogP contribution in [0.3, 0.4) is 0 Å². The van der Waals surface area contributed by atoms with Crippen molar-refractivity contribution in [2.75, 3.05) is 18.4 Å². The lowest BCUT2D eigenvalue weighted by atomic mass is 10.00. The highest BCUT2D eigenvalue weighted by molar-refractivity contribution is 5.92. The molecule has 1 amide bonds. The molecule has 1 atom stereocenters. The third-order valence-corrected chi connectivity index (χ3v) is 4.14. The first kappa shape index (κ1) is 16.4. The number of carbonyl (C=O) groups is 1. The Labute approximate surface area is 140 Å². The molecule has 1 unspecified atom stereocenters. The molecule has 1 aromatic heterocycles. The Morgan fingerprint density at radius 3 is 2.88 bits per heavy atom. The second kappa shape index (κ2) is 6.95. The van der Waals surface area contributed by atoms with Gasteiger partial charge in [-0.3, -0.25) is 4.79 Å². The topological polar surface area (TPSA) is 58.1 Å². The summed E-state index contributed by atoms with van der Waals surface area (Å²) in [4.78, 5) is 23.1. The highest BCUT2D eigenvalue weighted by atomic mass is 19.1. The summed E-state index contributed by atoms with van der Waals surface area (Å²) in [6.45, 7) is 5.44. The Hall–Kier alpha value is -2.50. The average molecular weight is 328 g/mol. The van der Waals surface area contributed by atoms with Gasteiger partial charge in [0, 0.05) is 18.8 Å². The van der Waals surface area contributed by atoms with Gasteiger partial charge in [0.15, 0.2) is 0 Å². The zero-order valence-electron chi connectivity index (χ0n) is 13.9. The molecule has 0 radical (unpaired) electrons. The fraction of sp³-hybridized carbons (Fsp3) is 0.389. The standard InChI is InChI=1S/C18H21FN4O/c1-12-6-5-9-23(11-12)17(24)16-10-13(2)20-18(22-16)21-15-8-4-3-7-14(15)19/h3-4,7-8,10,12H,5-6,9,11H2,1-2H3,(H,20,21,22). The van der Waals surface area contributed by atoms with Gasteiger partial charge >= 0.3 is 0 Å². The van der Waals surface area contributed by atoms with Crippen LogP contribution in [-0.4, -0.2) is 33.9 Å². The van der Waals surface area contributed by atoms with E-state index in [-0.39, 0.29) is 23.4 Å². The minimum Gasteiger partial charge on any atom is -0.337 e. The van der Waals surface area contributed by atoms with Crippen molar-refractivity contribution in [2.24, 2.45) is 5.92 Å². The maximum atomic E-state index is 13.8. The number of halogens is 1. The maximum absolute atomic E-state index is 13.8. The highest BCUT2D eigenvalue weighted by Crippen LogP contribution is 2.20. The summed E-state index contributed by atoms with van der Waals surface area (Å²) in [5.41, 5.74) is 1.29. The van der Waals surface area contributed by atoms with Gasteiger partial charge < -0.3 is 10.2 Å². The number of para-hydroxylation sites is 1. The molecule has 1 aliphatic heterocycles. The van der Waals surface area contributed by atoms with E-state index in [1.807, 2.05) is 4.90 Å². The first-order valence-electron chi connectivity index (χ1n) is 8.19. The summed E-state index contributed by atoms with van der Waals surface area (Å²) in [5.74, 6) is 0.249. The molecule has 0 aliphatic carbocycles. The van der Waals surface area contributed by atoms with Crippen molar-refractivity contribution in [3.8, 4) is 0 Å². The van der Waals surface area contributed by atoms with Crippen molar-refractivity contribution >= 4 is 17.5 Å². The maximum Gasteiger partial charge on any atom is 0.272 e. The van der Waals surface area contributed by atoms with Crippen LogP contribution in [0.5, 0.6) is 0 Å². The molecule has 0 spiro atoms. The fourth-order valence-corrected chi connectivity index (χ4v) is 2.95. The Kier molecular flexibility index (Phi) is 4.74. The van der Waals surface area contributed by atoms with Crippen molar-refractivity contribution in [1.82, 2.24) is 14.9 Å². The van der Waals surface area contributed by atoms with Crippen LogP contribution >= 0.6 is 0 Å². The van der Waals surface area contributed by atoms with Crippen LogP contribution in [-0.2, 0) is 0 Å². The fourth-order valence-electron chi connectivity index (χ4n) is 2.95. The van der Waals surface area contributed by atoms with Gasteiger partial charge in [-0.15, -0.1) is 0 Å². The summed E-state index contributed by atoms with van der Waals surface area (Å²) in [5, 5.41) is 2.85. The lowest BCUT2D eigenvalue weighted by molar-refractivity contribution is 0.0677. The Morgan fingerprint density at radius 2 is 2.12 bits per heavy atom. The SMILES string of the molecule is Cc1cc(C(=O)N2CCCC(C)C2)nc(Nc2ccccc2F)n1. The predicted octanol–water partition coefficient (Wildman–Crippen LogP) is 3.54. The van der Waals surface area contributed by atoms with E-state index in [0.29, 0.717) is 17.3 Å². The van der Waals surface area contributed by atoms with Gasteiger partial charge in [0.1, 0.15) is 11.5 Å². The lowest BCUT2D eigenvalue weighted by Gasteiger charge is -2.30. The molecule has 2 aromatic rings. The number of anilines is 2. The molecule has 2 heterocycles. The van der Waals surface area contributed by atoms with E-state index in [2.05, 4.69) is 22.2 Å². The molecule has 24 heavy (non-hydrogen) atoms. The molecule has 1 saturated heterocycles. The second-order valence-corrected chi connectivity index (χ2v) is 6.32. The quantitative estimate of drug-likeness (QED) is 0.936. The number of likely N-dealkylation sites (tertiary alicyclic amines) is 1. The number of hydrogen-bond donors (Lipinski definition) is 1. The number of aromatic nitrogens is 2. The van der Waals surface area contributed by atoms with Crippen LogP contribution in [0.4, 0.5) is 16.0 Å².